The summed E-state index contributed by atoms with van der Waals surface area (Å²) in [6.07, 6.45) is 0.0753. The molecule has 0 aliphatic rings. The Bertz CT molecular complexity index is 723. The lowest BCUT2D eigenvalue weighted by molar-refractivity contribution is -0.142. The predicted molar refractivity (Wildman–Crippen MR) is 89.0 cm³/mol. The van der Waals surface area contributed by atoms with Gasteiger partial charge in [-0.05, 0) is 19.1 Å². The molecule has 0 radical (unpaired) electrons. The van der Waals surface area contributed by atoms with Gasteiger partial charge in [-0.25, -0.2) is 4.98 Å². The van der Waals surface area contributed by atoms with Gasteiger partial charge in [0.15, 0.2) is 5.13 Å². The number of carbonyl (C=O) groups excluding carboxylic acids is 3. The van der Waals surface area contributed by atoms with Gasteiger partial charge in [0, 0.05) is 12.3 Å². The highest BCUT2D eigenvalue weighted by molar-refractivity contribution is 7.18. The number of nitrogens with zero attached hydrogens (tertiary/aromatic N) is 1. The first-order valence-corrected chi connectivity index (χ1v) is 8.46. The number of hydrogen-bond acceptors (Lipinski definition) is 7. The van der Waals surface area contributed by atoms with Crippen molar-refractivity contribution in [3.8, 4) is 0 Å². The van der Waals surface area contributed by atoms with Crippen molar-refractivity contribution in [2.24, 2.45) is 0 Å². The molecule has 0 fully saturated rings. The lowest BCUT2D eigenvalue weighted by atomic mass is 10.3. The topological polar surface area (TPSA) is 97.4 Å². The Morgan fingerprint density at radius 1 is 1.26 bits per heavy atom. The zero-order valence-corrected chi connectivity index (χ0v) is 14.2. The standard InChI is InChI=1S/C14H15N3O4S2/c1-3-21-12(19)6-9-7-22-14(16-9)17-13(20)10-4-5-11(23-10)15-8(2)18/h4-5,7H,3,6H2,1-2H3,(H,15,18)(H,16,17,20). The minimum absolute atomic E-state index is 0.0753. The van der Waals surface area contributed by atoms with E-state index in [2.05, 4.69) is 15.6 Å². The van der Waals surface area contributed by atoms with Gasteiger partial charge < -0.3 is 10.1 Å². The molecule has 2 amide bonds. The van der Waals surface area contributed by atoms with E-state index in [1.807, 2.05) is 0 Å². The van der Waals surface area contributed by atoms with Crippen LogP contribution >= 0.6 is 22.7 Å². The van der Waals surface area contributed by atoms with Crippen molar-refractivity contribution in [1.82, 2.24) is 4.98 Å². The summed E-state index contributed by atoms with van der Waals surface area (Å²) >= 11 is 2.41. The predicted octanol–water partition coefficient (Wildman–Crippen LogP) is 2.52. The molecule has 0 saturated carbocycles. The Kier molecular flexibility index (Phi) is 5.83. The average Bonchev–Trinajstić information content (AvgIpc) is 3.08. The minimum Gasteiger partial charge on any atom is -0.466 e. The molecule has 0 aromatic carbocycles. The van der Waals surface area contributed by atoms with Crippen molar-refractivity contribution >= 4 is 50.6 Å². The maximum absolute atomic E-state index is 12.1. The van der Waals surface area contributed by atoms with E-state index in [1.165, 1.54) is 29.6 Å². The zero-order chi connectivity index (χ0) is 16.8. The number of thiazole rings is 1. The Morgan fingerprint density at radius 2 is 2.04 bits per heavy atom. The first kappa shape index (κ1) is 17.1. The van der Waals surface area contributed by atoms with Gasteiger partial charge in [0.2, 0.25) is 5.91 Å². The summed E-state index contributed by atoms with van der Waals surface area (Å²) in [6.45, 7) is 3.46. The third-order valence-corrected chi connectivity index (χ3v) is 4.34. The van der Waals surface area contributed by atoms with Crippen molar-refractivity contribution in [2.75, 3.05) is 17.2 Å². The van der Waals surface area contributed by atoms with Gasteiger partial charge in [0.05, 0.1) is 28.6 Å². The molecule has 0 bridgehead atoms. The van der Waals surface area contributed by atoms with E-state index < -0.39 is 0 Å². The van der Waals surface area contributed by atoms with E-state index in [1.54, 1.807) is 24.4 Å². The van der Waals surface area contributed by atoms with Crippen LogP contribution in [0.5, 0.6) is 0 Å². The molecule has 0 spiro atoms. The Balaban J connectivity index is 1.95. The lowest BCUT2D eigenvalue weighted by Gasteiger charge is -1.99. The molecular formula is C14H15N3O4S2. The molecule has 122 valence electrons. The summed E-state index contributed by atoms with van der Waals surface area (Å²) < 4.78 is 4.85. The second kappa shape index (κ2) is 7.84. The second-order valence-electron chi connectivity index (χ2n) is 4.43. The summed E-state index contributed by atoms with van der Waals surface area (Å²) in [4.78, 5) is 39.1. The van der Waals surface area contributed by atoms with Crippen LogP contribution in [0.3, 0.4) is 0 Å². The van der Waals surface area contributed by atoms with Crippen LogP contribution in [0.25, 0.3) is 0 Å². The van der Waals surface area contributed by atoms with Gasteiger partial charge in [0.25, 0.3) is 5.91 Å². The molecule has 9 heteroatoms. The number of nitrogens with one attached hydrogen (secondary N) is 2. The van der Waals surface area contributed by atoms with Gasteiger partial charge in [-0.2, -0.15) is 0 Å². The SMILES string of the molecule is CCOC(=O)Cc1csc(NC(=O)c2ccc(NC(C)=O)s2)n1. The average molecular weight is 353 g/mol. The largest absolute Gasteiger partial charge is 0.466 e. The number of anilines is 2. The first-order chi connectivity index (χ1) is 11.0. The third kappa shape index (κ3) is 5.15. The van der Waals surface area contributed by atoms with Gasteiger partial charge in [-0.15, -0.1) is 22.7 Å². The molecule has 2 heterocycles. The fourth-order valence-corrected chi connectivity index (χ4v) is 3.22. The molecule has 0 aliphatic carbocycles. The van der Waals surface area contributed by atoms with Crippen LogP contribution in [0.15, 0.2) is 17.5 Å². The van der Waals surface area contributed by atoms with Crippen molar-refractivity contribution in [3.05, 3.63) is 28.1 Å². The Hall–Kier alpha value is -2.26. The van der Waals surface area contributed by atoms with Crippen LogP contribution in [-0.2, 0) is 20.7 Å². The number of aromatic nitrogens is 1. The number of esters is 1. The smallest absolute Gasteiger partial charge is 0.311 e. The fraction of sp³-hybridized carbons (Fsp3) is 0.286. The molecule has 2 N–H and O–H groups in total. The first-order valence-electron chi connectivity index (χ1n) is 6.76. The van der Waals surface area contributed by atoms with Crippen LogP contribution in [0.4, 0.5) is 10.1 Å². The van der Waals surface area contributed by atoms with Gasteiger partial charge >= 0.3 is 5.97 Å². The van der Waals surface area contributed by atoms with Crippen LogP contribution in [0.1, 0.15) is 29.2 Å². The molecule has 2 rings (SSSR count). The maximum atomic E-state index is 12.1. The summed E-state index contributed by atoms with van der Waals surface area (Å²) in [5, 5.41) is 7.99. The molecule has 2 aromatic heterocycles. The molecule has 0 saturated heterocycles. The summed E-state index contributed by atoms with van der Waals surface area (Å²) in [6, 6.07) is 3.29. The third-order valence-electron chi connectivity index (χ3n) is 2.53. The van der Waals surface area contributed by atoms with E-state index >= 15 is 0 Å². The normalized spacial score (nSPS) is 10.2. The monoisotopic (exact) mass is 353 g/mol. The van der Waals surface area contributed by atoms with Crippen LogP contribution < -0.4 is 10.6 Å². The van der Waals surface area contributed by atoms with Crippen LogP contribution in [0, 0.1) is 0 Å². The quantitative estimate of drug-likeness (QED) is 0.778. The summed E-state index contributed by atoms with van der Waals surface area (Å²) in [7, 11) is 0. The van der Waals surface area contributed by atoms with E-state index in [0.717, 1.165) is 0 Å². The molecule has 2 aromatic rings. The van der Waals surface area contributed by atoms with Crippen LogP contribution in [-0.4, -0.2) is 29.4 Å². The molecule has 7 nitrogen and oxygen atoms in total. The van der Waals surface area contributed by atoms with Gasteiger partial charge in [-0.1, -0.05) is 0 Å². The number of hydrogen-bond donors (Lipinski definition) is 2. The van der Waals surface area contributed by atoms with Crippen molar-refractivity contribution < 1.29 is 19.1 Å². The number of rotatable bonds is 6. The molecule has 0 unspecified atom stereocenters. The maximum Gasteiger partial charge on any atom is 0.311 e. The minimum atomic E-state index is -0.353. The number of amides is 2. The van der Waals surface area contributed by atoms with E-state index in [-0.39, 0.29) is 24.2 Å². The molecule has 0 atom stereocenters. The van der Waals surface area contributed by atoms with Gasteiger partial charge in [0.1, 0.15) is 0 Å². The molecular weight excluding hydrogens is 338 g/mol. The van der Waals surface area contributed by atoms with E-state index in [9.17, 15) is 14.4 Å². The highest BCUT2D eigenvalue weighted by Gasteiger charge is 2.13. The fourth-order valence-electron chi connectivity index (χ4n) is 1.66. The van der Waals surface area contributed by atoms with E-state index in [4.69, 9.17) is 4.74 Å². The second-order valence-corrected chi connectivity index (χ2v) is 6.37. The highest BCUT2D eigenvalue weighted by Crippen LogP contribution is 2.24. The van der Waals surface area contributed by atoms with Crippen molar-refractivity contribution in [1.29, 1.82) is 0 Å². The summed E-state index contributed by atoms with van der Waals surface area (Å²) in [5.41, 5.74) is 0.550. The Labute approximate surface area is 140 Å². The van der Waals surface area contributed by atoms with Crippen molar-refractivity contribution in [2.45, 2.75) is 20.3 Å². The molecule has 23 heavy (non-hydrogen) atoms. The highest BCUT2D eigenvalue weighted by atomic mass is 32.1. The number of ether oxygens (including phenoxy) is 1. The molecule has 0 aliphatic heterocycles. The zero-order valence-electron chi connectivity index (χ0n) is 12.5. The number of carbonyl (C=O) groups is 3. The number of thiophene rings is 1. The van der Waals surface area contributed by atoms with Gasteiger partial charge in [-0.3, -0.25) is 19.7 Å². The van der Waals surface area contributed by atoms with E-state index in [0.29, 0.717) is 27.3 Å². The van der Waals surface area contributed by atoms with Crippen LogP contribution in [0.2, 0.25) is 0 Å². The lowest BCUT2D eigenvalue weighted by Crippen LogP contribution is -2.11. The Morgan fingerprint density at radius 3 is 2.74 bits per heavy atom. The summed E-state index contributed by atoms with van der Waals surface area (Å²) in [5.74, 6) is -0.861. The van der Waals surface area contributed by atoms with Crippen molar-refractivity contribution in [3.63, 3.8) is 0 Å².